The minimum absolute atomic E-state index is 0.424. The molecule has 0 fully saturated rings. The SMILES string of the molecule is CCOc1cccc(-c2nc3ncc(NSc4ncccn4)nc3n2-c2c(OC)cccc2OC)n1. The molecule has 0 bridgehead atoms. The van der Waals surface area contributed by atoms with E-state index in [4.69, 9.17) is 24.2 Å². The zero-order chi connectivity index (χ0) is 24.9. The standard InChI is InChI=1S/C24H22N8O3S/c1-4-35-19-11-5-8-15(28-19)22-30-21-23(32(22)20-16(33-2)9-6-10-17(20)34-3)29-18(14-27-21)31-36-24-25-12-7-13-26-24/h5-14H,4H2,1-3H3,(H,29,31). The second-order valence-electron chi connectivity index (χ2n) is 7.21. The second-order valence-corrected chi connectivity index (χ2v) is 7.99. The van der Waals surface area contributed by atoms with E-state index in [2.05, 4.69) is 24.7 Å². The van der Waals surface area contributed by atoms with Gasteiger partial charge in [0.2, 0.25) is 11.0 Å². The number of hydrogen-bond donors (Lipinski definition) is 1. The molecule has 0 aliphatic carbocycles. The van der Waals surface area contributed by atoms with Gasteiger partial charge in [-0.3, -0.25) is 4.57 Å². The first-order valence-electron chi connectivity index (χ1n) is 11.0. The highest BCUT2D eigenvalue weighted by Gasteiger charge is 2.24. The van der Waals surface area contributed by atoms with Crippen LogP contribution in [0.2, 0.25) is 0 Å². The van der Waals surface area contributed by atoms with Crippen LogP contribution in [0.1, 0.15) is 6.92 Å². The lowest BCUT2D eigenvalue weighted by atomic mass is 10.2. The van der Waals surface area contributed by atoms with Gasteiger partial charge in [0.15, 0.2) is 22.9 Å². The number of nitrogens with one attached hydrogen (secondary N) is 1. The van der Waals surface area contributed by atoms with Crippen molar-refractivity contribution in [3.8, 4) is 34.6 Å². The van der Waals surface area contributed by atoms with Crippen LogP contribution in [0.15, 0.2) is 66.2 Å². The van der Waals surface area contributed by atoms with Gasteiger partial charge in [-0.25, -0.2) is 29.9 Å². The fourth-order valence-electron chi connectivity index (χ4n) is 3.54. The van der Waals surface area contributed by atoms with Crippen LogP contribution in [0.25, 0.3) is 28.5 Å². The predicted octanol–water partition coefficient (Wildman–Crippen LogP) is 4.20. The third-order valence-corrected chi connectivity index (χ3v) is 5.73. The van der Waals surface area contributed by atoms with Gasteiger partial charge in [0.1, 0.15) is 22.9 Å². The van der Waals surface area contributed by atoms with Gasteiger partial charge >= 0.3 is 0 Å². The molecule has 12 heteroatoms. The quantitative estimate of drug-likeness (QED) is 0.230. The molecule has 0 atom stereocenters. The van der Waals surface area contributed by atoms with E-state index in [0.29, 0.717) is 63.5 Å². The predicted molar refractivity (Wildman–Crippen MR) is 136 cm³/mol. The highest BCUT2D eigenvalue weighted by atomic mass is 32.2. The molecule has 0 saturated heterocycles. The molecule has 4 heterocycles. The monoisotopic (exact) mass is 502 g/mol. The molecule has 0 spiro atoms. The van der Waals surface area contributed by atoms with E-state index < -0.39 is 0 Å². The van der Waals surface area contributed by atoms with Crippen LogP contribution in [0.4, 0.5) is 5.82 Å². The van der Waals surface area contributed by atoms with E-state index in [1.807, 2.05) is 41.8 Å². The Morgan fingerprint density at radius 2 is 1.64 bits per heavy atom. The minimum atomic E-state index is 0.424. The molecule has 0 saturated carbocycles. The molecule has 0 unspecified atom stereocenters. The van der Waals surface area contributed by atoms with Crippen LogP contribution < -0.4 is 18.9 Å². The summed E-state index contributed by atoms with van der Waals surface area (Å²) in [6, 6.07) is 12.8. The molecular formula is C24H22N8O3S. The van der Waals surface area contributed by atoms with Gasteiger partial charge in [0.25, 0.3) is 0 Å². The van der Waals surface area contributed by atoms with Crippen LogP contribution in [0, 0.1) is 0 Å². The molecule has 5 rings (SSSR count). The van der Waals surface area contributed by atoms with Gasteiger partial charge in [0, 0.05) is 30.4 Å². The van der Waals surface area contributed by atoms with Crippen molar-refractivity contribution >= 4 is 29.1 Å². The summed E-state index contributed by atoms with van der Waals surface area (Å²) in [5, 5.41) is 0.553. The van der Waals surface area contributed by atoms with E-state index in [1.165, 1.54) is 11.9 Å². The van der Waals surface area contributed by atoms with Crippen molar-refractivity contribution in [2.75, 3.05) is 25.5 Å². The number of benzene rings is 1. The number of aromatic nitrogens is 7. The van der Waals surface area contributed by atoms with Crippen molar-refractivity contribution in [1.29, 1.82) is 0 Å². The number of methoxy groups -OCH3 is 2. The summed E-state index contributed by atoms with van der Waals surface area (Å²) in [5.74, 6) is 2.64. The Hall–Kier alpha value is -4.45. The highest BCUT2D eigenvalue weighted by molar-refractivity contribution is 8.00. The maximum absolute atomic E-state index is 5.69. The average molecular weight is 503 g/mol. The van der Waals surface area contributed by atoms with Gasteiger partial charge in [-0.2, -0.15) is 0 Å². The van der Waals surface area contributed by atoms with Crippen molar-refractivity contribution in [3.63, 3.8) is 0 Å². The number of imidazole rings is 1. The second kappa shape index (κ2) is 10.4. The zero-order valence-corrected chi connectivity index (χ0v) is 20.6. The lowest BCUT2D eigenvalue weighted by Crippen LogP contribution is -2.06. The third-order valence-electron chi connectivity index (χ3n) is 5.03. The van der Waals surface area contributed by atoms with Crippen LogP contribution in [-0.4, -0.2) is 55.3 Å². The first-order chi connectivity index (χ1) is 17.7. The summed E-state index contributed by atoms with van der Waals surface area (Å²) in [6.45, 7) is 2.40. The van der Waals surface area contributed by atoms with Gasteiger partial charge < -0.3 is 18.9 Å². The van der Waals surface area contributed by atoms with Crippen molar-refractivity contribution in [2.24, 2.45) is 0 Å². The Labute approximate surface area is 211 Å². The fraction of sp³-hybridized carbons (Fsp3) is 0.167. The molecule has 182 valence electrons. The summed E-state index contributed by atoms with van der Waals surface area (Å²) < 4.78 is 22.0. The van der Waals surface area contributed by atoms with Crippen LogP contribution in [-0.2, 0) is 0 Å². The number of pyridine rings is 1. The zero-order valence-electron chi connectivity index (χ0n) is 19.7. The van der Waals surface area contributed by atoms with Gasteiger partial charge in [-0.05, 0) is 31.2 Å². The Kier molecular flexibility index (Phi) is 6.76. The number of anilines is 1. The summed E-state index contributed by atoms with van der Waals surface area (Å²) >= 11 is 1.23. The number of rotatable bonds is 9. The van der Waals surface area contributed by atoms with Gasteiger partial charge in [-0.15, -0.1) is 0 Å². The van der Waals surface area contributed by atoms with E-state index in [0.717, 1.165) is 0 Å². The molecular weight excluding hydrogens is 480 g/mol. The molecule has 36 heavy (non-hydrogen) atoms. The van der Waals surface area contributed by atoms with Crippen molar-refractivity contribution < 1.29 is 14.2 Å². The fourth-order valence-corrected chi connectivity index (χ4v) is 4.06. The summed E-state index contributed by atoms with van der Waals surface area (Å²) in [7, 11) is 3.19. The molecule has 0 radical (unpaired) electrons. The molecule has 0 amide bonds. The van der Waals surface area contributed by atoms with E-state index >= 15 is 0 Å². The summed E-state index contributed by atoms with van der Waals surface area (Å²) in [4.78, 5) is 27.2. The van der Waals surface area contributed by atoms with Crippen molar-refractivity contribution in [3.05, 3.63) is 61.1 Å². The molecule has 5 aromatic rings. The number of para-hydroxylation sites is 1. The van der Waals surface area contributed by atoms with Crippen LogP contribution in [0.5, 0.6) is 17.4 Å². The Morgan fingerprint density at radius 1 is 0.889 bits per heavy atom. The van der Waals surface area contributed by atoms with E-state index in [9.17, 15) is 0 Å². The summed E-state index contributed by atoms with van der Waals surface area (Å²) in [6.07, 6.45) is 4.94. The Bertz CT molecular complexity index is 1470. The molecule has 11 nitrogen and oxygen atoms in total. The topological polar surface area (TPSA) is 122 Å². The van der Waals surface area contributed by atoms with Gasteiger partial charge in [-0.1, -0.05) is 12.1 Å². The van der Waals surface area contributed by atoms with E-state index in [1.54, 1.807) is 44.9 Å². The average Bonchev–Trinajstić information content (AvgIpc) is 3.30. The molecule has 1 aromatic carbocycles. The van der Waals surface area contributed by atoms with Crippen molar-refractivity contribution in [2.45, 2.75) is 12.1 Å². The number of hydrogen-bond acceptors (Lipinski definition) is 11. The van der Waals surface area contributed by atoms with Crippen molar-refractivity contribution in [1.82, 2.24) is 34.5 Å². The molecule has 0 aliphatic heterocycles. The van der Waals surface area contributed by atoms with Gasteiger partial charge in [0.05, 0.1) is 27.0 Å². The summed E-state index contributed by atoms with van der Waals surface area (Å²) in [5.41, 5.74) is 2.11. The number of fused-ring (bicyclic) bond motifs is 1. The molecule has 1 N–H and O–H groups in total. The highest BCUT2D eigenvalue weighted by Crippen LogP contribution is 2.38. The maximum atomic E-state index is 5.69. The lowest BCUT2D eigenvalue weighted by molar-refractivity contribution is 0.327. The van der Waals surface area contributed by atoms with Crippen LogP contribution in [0.3, 0.4) is 0 Å². The lowest BCUT2D eigenvalue weighted by Gasteiger charge is -2.16. The smallest absolute Gasteiger partial charge is 0.213 e. The number of nitrogens with zero attached hydrogens (tertiary/aromatic N) is 7. The normalized spacial score (nSPS) is 10.9. The minimum Gasteiger partial charge on any atom is -0.494 e. The first kappa shape index (κ1) is 23.3. The number of ether oxygens (including phenoxy) is 3. The Balaban J connectivity index is 1.70. The van der Waals surface area contributed by atoms with Crippen LogP contribution >= 0.6 is 11.9 Å². The third kappa shape index (κ3) is 4.58. The first-order valence-corrected chi connectivity index (χ1v) is 11.8. The largest absolute Gasteiger partial charge is 0.494 e. The van der Waals surface area contributed by atoms with E-state index in [-0.39, 0.29) is 0 Å². The maximum Gasteiger partial charge on any atom is 0.213 e. The molecule has 0 aliphatic rings. The molecule has 4 aromatic heterocycles. The Morgan fingerprint density at radius 3 is 2.36 bits per heavy atom.